The highest BCUT2D eigenvalue weighted by Gasteiger charge is 2.22. The topological polar surface area (TPSA) is 96.2 Å². The van der Waals surface area contributed by atoms with Gasteiger partial charge in [0.2, 0.25) is 5.75 Å². The van der Waals surface area contributed by atoms with Gasteiger partial charge in [0.05, 0.1) is 25.0 Å². The maximum absolute atomic E-state index is 12.2. The predicted octanol–water partition coefficient (Wildman–Crippen LogP) is 2.09. The first kappa shape index (κ1) is 17.7. The highest BCUT2D eigenvalue weighted by atomic mass is 16.6. The Balaban J connectivity index is 1.60. The van der Waals surface area contributed by atoms with Crippen molar-refractivity contribution in [2.45, 2.75) is 13.0 Å². The maximum atomic E-state index is 12.2. The number of carbonyl (C=O) groups is 2. The van der Waals surface area contributed by atoms with Crippen molar-refractivity contribution in [3.05, 3.63) is 41.9 Å². The first-order valence-electron chi connectivity index (χ1n) is 8.06. The molecule has 0 bridgehead atoms. The fraction of sp³-hybridized carbons (Fsp3) is 0.333. The van der Waals surface area contributed by atoms with E-state index in [0.717, 1.165) is 0 Å². The van der Waals surface area contributed by atoms with E-state index in [1.165, 1.54) is 25.5 Å². The lowest BCUT2D eigenvalue weighted by molar-refractivity contribution is -0.125. The van der Waals surface area contributed by atoms with E-state index in [9.17, 15) is 9.59 Å². The van der Waals surface area contributed by atoms with Crippen LogP contribution >= 0.6 is 0 Å². The lowest BCUT2D eigenvalue weighted by Crippen LogP contribution is -2.31. The Morgan fingerprint density at radius 1 is 1.27 bits per heavy atom. The summed E-state index contributed by atoms with van der Waals surface area (Å²) in [5.74, 6) is 0.720. The van der Waals surface area contributed by atoms with Crippen molar-refractivity contribution in [1.29, 1.82) is 0 Å². The monoisotopic (exact) mass is 361 g/mol. The molecule has 1 N–H and O–H groups in total. The number of fused-ring (bicyclic) bond motifs is 1. The first-order chi connectivity index (χ1) is 12.6. The van der Waals surface area contributed by atoms with Crippen LogP contribution < -0.4 is 19.5 Å². The van der Waals surface area contributed by atoms with Crippen LogP contribution in [0.2, 0.25) is 0 Å². The summed E-state index contributed by atoms with van der Waals surface area (Å²) in [4.78, 5) is 24.2. The van der Waals surface area contributed by atoms with Gasteiger partial charge >= 0.3 is 5.97 Å². The van der Waals surface area contributed by atoms with Crippen LogP contribution in [-0.4, -0.2) is 38.8 Å². The molecule has 1 aliphatic heterocycles. The zero-order valence-electron chi connectivity index (χ0n) is 14.4. The van der Waals surface area contributed by atoms with Crippen LogP contribution in [0.3, 0.4) is 0 Å². The molecule has 0 unspecified atom stereocenters. The Bertz CT molecular complexity index is 768. The smallest absolute Gasteiger partial charge is 0.338 e. The molecule has 2 aromatic rings. The third kappa shape index (κ3) is 3.90. The molecule has 1 aromatic carbocycles. The number of amides is 1. The molecule has 1 aliphatic rings. The Morgan fingerprint density at radius 2 is 2.08 bits per heavy atom. The Hall–Kier alpha value is -3.16. The number of hydrogen-bond acceptors (Lipinski definition) is 7. The molecule has 1 amide bonds. The lowest BCUT2D eigenvalue weighted by atomic mass is 10.1. The van der Waals surface area contributed by atoms with Gasteiger partial charge in [-0.25, -0.2) is 4.79 Å². The zero-order chi connectivity index (χ0) is 18.5. The fourth-order valence-corrected chi connectivity index (χ4v) is 2.50. The number of nitrogens with one attached hydrogen (secondary N) is 1. The molecule has 0 saturated heterocycles. The molecule has 8 heteroatoms. The van der Waals surface area contributed by atoms with Crippen molar-refractivity contribution in [3.8, 4) is 17.2 Å². The minimum absolute atomic E-state index is 0.206. The molecule has 0 aliphatic carbocycles. The maximum Gasteiger partial charge on any atom is 0.338 e. The Kier molecular flexibility index (Phi) is 5.31. The standard InChI is InChI=1S/C18H19NO7/c1-11(13-4-3-5-23-13)19-16(20)10-26-18(21)12-8-14(22-2)17-15(9-12)24-6-7-25-17/h3-5,8-9,11H,6-7,10H2,1-2H3,(H,19,20)/t11-/m1/s1. The molecule has 1 atom stereocenters. The minimum Gasteiger partial charge on any atom is -0.493 e. The Labute approximate surface area is 150 Å². The van der Waals surface area contributed by atoms with Crippen LogP contribution in [0, 0.1) is 0 Å². The summed E-state index contributed by atoms with van der Waals surface area (Å²) in [6, 6.07) is 6.14. The summed E-state index contributed by atoms with van der Waals surface area (Å²) in [7, 11) is 1.46. The van der Waals surface area contributed by atoms with Crippen LogP contribution in [0.1, 0.15) is 29.1 Å². The number of esters is 1. The van der Waals surface area contributed by atoms with Crippen molar-refractivity contribution >= 4 is 11.9 Å². The average Bonchev–Trinajstić information content (AvgIpc) is 3.20. The van der Waals surface area contributed by atoms with Gasteiger partial charge < -0.3 is 28.7 Å². The van der Waals surface area contributed by atoms with E-state index < -0.39 is 18.5 Å². The number of carbonyl (C=O) groups excluding carboxylic acids is 2. The molecule has 26 heavy (non-hydrogen) atoms. The van der Waals surface area contributed by atoms with Gasteiger partial charge in [0, 0.05) is 0 Å². The second kappa shape index (κ2) is 7.81. The second-order valence-corrected chi connectivity index (χ2v) is 5.58. The van der Waals surface area contributed by atoms with E-state index in [-0.39, 0.29) is 11.6 Å². The molecule has 138 valence electrons. The van der Waals surface area contributed by atoms with Gasteiger partial charge in [0.1, 0.15) is 19.0 Å². The summed E-state index contributed by atoms with van der Waals surface area (Å²) in [5.41, 5.74) is 0.206. The van der Waals surface area contributed by atoms with Crippen molar-refractivity contribution < 1.29 is 33.0 Å². The van der Waals surface area contributed by atoms with Gasteiger partial charge in [-0.3, -0.25) is 4.79 Å². The largest absolute Gasteiger partial charge is 0.493 e. The number of methoxy groups -OCH3 is 1. The molecule has 2 heterocycles. The van der Waals surface area contributed by atoms with Crippen molar-refractivity contribution in [2.24, 2.45) is 0 Å². The molecular formula is C18H19NO7. The predicted molar refractivity (Wildman–Crippen MR) is 89.5 cm³/mol. The van der Waals surface area contributed by atoms with E-state index in [1.54, 1.807) is 19.1 Å². The van der Waals surface area contributed by atoms with Gasteiger partial charge in [0.25, 0.3) is 5.91 Å². The molecule has 0 spiro atoms. The van der Waals surface area contributed by atoms with E-state index in [2.05, 4.69) is 5.32 Å². The van der Waals surface area contributed by atoms with Crippen LogP contribution in [0.25, 0.3) is 0 Å². The van der Waals surface area contributed by atoms with Gasteiger partial charge in [-0.15, -0.1) is 0 Å². The van der Waals surface area contributed by atoms with Crippen molar-refractivity contribution in [3.63, 3.8) is 0 Å². The quantitative estimate of drug-likeness (QED) is 0.787. The molecule has 0 fully saturated rings. The highest BCUT2D eigenvalue weighted by molar-refractivity contribution is 5.92. The second-order valence-electron chi connectivity index (χ2n) is 5.58. The highest BCUT2D eigenvalue weighted by Crippen LogP contribution is 2.40. The van der Waals surface area contributed by atoms with Crippen LogP contribution in [0.5, 0.6) is 17.2 Å². The minimum atomic E-state index is -0.666. The van der Waals surface area contributed by atoms with Gasteiger partial charge in [-0.2, -0.15) is 0 Å². The van der Waals surface area contributed by atoms with E-state index in [4.69, 9.17) is 23.4 Å². The fourth-order valence-electron chi connectivity index (χ4n) is 2.50. The molecule has 0 saturated carbocycles. The van der Waals surface area contributed by atoms with Crippen LogP contribution in [0.4, 0.5) is 0 Å². The third-order valence-electron chi connectivity index (χ3n) is 3.75. The van der Waals surface area contributed by atoms with Crippen LogP contribution in [-0.2, 0) is 9.53 Å². The van der Waals surface area contributed by atoms with Crippen LogP contribution in [0.15, 0.2) is 34.9 Å². The summed E-state index contributed by atoms with van der Waals surface area (Å²) in [6.45, 7) is 2.13. The summed E-state index contributed by atoms with van der Waals surface area (Å²) < 4.78 is 26.4. The third-order valence-corrected chi connectivity index (χ3v) is 3.75. The van der Waals surface area contributed by atoms with Gasteiger partial charge in [-0.1, -0.05) is 0 Å². The summed E-state index contributed by atoms with van der Waals surface area (Å²) in [6.07, 6.45) is 1.52. The molecule has 0 radical (unpaired) electrons. The number of furan rings is 1. The average molecular weight is 361 g/mol. The number of hydrogen-bond donors (Lipinski definition) is 1. The van der Waals surface area contributed by atoms with E-state index in [1.807, 2.05) is 0 Å². The number of rotatable bonds is 6. The van der Waals surface area contributed by atoms with Crippen molar-refractivity contribution in [1.82, 2.24) is 5.32 Å². The van der Waals surface area contributed by atoms with Crippen molar-refractivity contribution in [2.75, 3.05) is 26.9 Å². The van der Waals surface area contributed by atoms with Gasteiger partial charge in [-0.05, 0) is 31.2 Å². The van der Waals surface area contributed by atoms with E-state index in [0.29, 0.717) is 36.2 Å². The lowest BCUT2D eigenvalue weighted by Gasteiger charge is -2.21. The zero-order valence-corrected chi connectivity index (χ0v) is 14.4. The Morgan fingerprint density at radius 3 is 2.81 bits per heavy atom. The number of benzene rings is 1. The van der Waals surface area contributed by atoms with Gasteiger partial charge in [0.15, 0.2) is 18.1 Å². The van der Waals surface area contributed by atoms with E-state index >= 15 is 0 Å². The summed E-state index contributed by atoms with van der Waals surface area (Å²) >= 11 is 0. The SMILES string of the molecule is COc1cc(C(=O)OCC(=O)N[C@H](C)c2ccco2)cc2c1OCCO2. The normalized spacial score (nSPS) is 13.6. The molecule has 8 nitrogen and oxygen atoms in total. The molecule has 3 rings (SSSR count). The first-order valence-corrected chi connectivity index (χ1v) is 8.06. The molecule has 1 aromatic heterocycles. The number of ether oxygens (including phenoxy) is 4. The summed E-state index contributed by atoms with van der Waals surface area (Å²) in [5, 5.41) is 2.68. The molecular weight excluding hydrogens is 342 g/mol.